The second kappa shape index (κ2) is 7.12. The van der Waals surface area contributed by atoms with Gasteiger partial charge < -0.3 is 10.1 Å². The van der Waals surface area contributed by atoms with Gasteiger partial charge in [-0.15, -0.1) is 10.2 Å². The lowest BCUT2D eigenvalue weighted by Gasteiger charge is -2.18. The zero-order chi connectivity index (χ0) is 15.2. The molecule has 0 fully saturated rings. The molecule has 0 aliphatic rings. The minimum Gasteiger partial charge on any atom is -0.494 e. The molecule has 0 spiro atoms. The van der Waals surface area contributed by atoms with Crippen molar-refractivity contribution in [3.8, 4) is 5.75 Å². The molecule has 0 amide bonds. The predicted octanol–water partition coefficient (Wildman–Crippen LogP) is 1.64. The van der Waals surface area contributed by atoms with E-state index in [9.17, 15) is 4.39 Å². The summed E-state index contributed by atoms with van der Waals surface area (Å²) in [5.74, 6) is 0.519. The highest BCUT2D eigenvalue weighted by atomic mass is 19.1. The van der Waals surface area contributed by atoms with Crippen LogP contribution in [0.2, 0.25) is 0 Å². The predicted molar refractivity (Wildman–Crippen MR) is 76.5 cm³/mol. The summed E-state index contributed by atoms with van der Waals surface area (Å²) in [6, 6.07) is 4.86. The number of halogens is 1. The number of aromatic nitrogens is 4. The summed E-state index contributed by atoms with van der Waals surface area (Å²) in [6.07, 6.45) is 1.59. The van der Waals surface area contributed by atoms with Gasteiger partial charge in [0.1, 0.15) is 0 Å². The number of hydrogen-bond donors (Lipinski definition) is 1. The van der Waals surface area contributed by atoms with Gasteiger partial charge in [0.25, 0.3) is 0 Å². The van der Waals surface area contributed by atoms with Crippen LogP contribution in [0.25, 0.3) is 0 Å². The summed E-state index contributed by atoms with van der Waals surface area (Å²) < 4.78 is 18.6. The van der Waals surface area contributed by atoms with E-state index in [0.717, 1.165) is 18.5 Å². The highest BCUT2D eigenvalue weighted by molar-refractivity contribution is 5.32. The molecule has 1 aromatic carbocycles. The first-order valence-electron chi connectivity index (χ1n) is 6.93. The Labute approximate surface area is 123 Å². The Balaban J connectivity index is 2.22. The van der Waals surface area contributed by atoms with E-state index in [1.807, 2.05) is 0 Å². The van der Waals surface area contributed by atoms with E-state index in [-0.39, 0.29) is 17.6 Å². The molecule has 0 bridgehead atoms. The Morgan fingerprint density at radius 2 is 2.24 bits per heavy atom. The van der Waals surface area contributed by atoms with Crippen molar-refractivity contribution < 1.29 is 9.13 Å². The maximum atomic E-state index is 13.5. The third-order valence-corrected chi connectivity index (χ3v) is 3.15. The van der Waals surface area contributed by atoms with Gasteiger partial charge in [-0.1, -0.05) is 13.0 Å². The van der Waals surface area contributed by atoms with Crippen LogP contribution in [0.5, 0.6) is 5.75 Å². The molecule has 114 valence electrons. The fourth-order valence-electron chi connectivity index (χ4n) is 2.11. The van der Waals surface area contributed by atoms with Gasteiger partial charge in [0.15, 0.2) is 17.4 Å². The molecule has 0 saturated heterocycles. The molecular weight excluding hydrogens is 273 g/mol. The van der Waals surface area contributed by atoms with Crippen LogP contribution in [0.3, 0.4) is 0 Å². The second-order valence-corrected chi connectivity index (χ2v) is 4.80. The molecule has 2 rings (SSSR count). The number of nitrogens with zero attached hydrogens (tertiary/aromatic N) is 4. The summed E-state index contributed by atoms with van der Waals surface area (Å²) in [5, 5.41) is 15.5. The zero-order valence-corrected chi connectivity index (χ0v) is 12.5. The maximum Gasteiger partial charge on any atom is 0.176 e. The van der Waals surface area contributed by atoms with Gasteiger partial charge in [0, 0.05) is 12.5 Å². The van der Waals surface area contributed by atoms with Crippen molar-refractivity contribution >= 4 is 0 Å². The molecule has 1 atom stereocenters. The Morgan fingerprint density at radius 1 is 1.43 bits per heavy atom. The van der Waals surface area contributed by atoms with E-state index in [2.05, 4.69) is 27.7 Å². The summed E-state index contributed by atoms with van der Waals surface area (Å²) in [4.78, 5) is 1.43. The molecule has 0 aliphatic carbocycles. The molecule has 6 nitrogen and oxygen atoms in total. The highest BCUT2D eigenvalue weighted by Crippen LogP contribution is 2.24. The van der Waals surface area contributed by atoms with Crippen LogP contribution >= 0.6 is 0 Å². The number of rotatable bonds is 7. The van der Waals surface area contributed by atoms with Crippen molar-refractivity contribution in [2.75, 3.05) is 13.7 Å². The smallest absolute Gasteiger partial charge is 0.176 e. The van der Waals surface area contributed by atoms with E-state index in [4.69, 9.17) is 4.74 Å². The molecule has 21 heavy (non-hydrogen) atoms. The van der Waals surface area contributed by atoms with Crippen molar-refractivity contribution in [3.63, 3.8) is 0 Å². The lowest BCUT2D eigenvalue weighted by atomic mass is 10.0. The molecule has 1 N–H and O–H groups in total. The second-order valence-electron chi connectivity index (χ2n) is 4.80. The molecule has 0 aliphatic heterocycles. The average molecular weight is 293 g/mol. The van der Waals surface area contributed by atoms with Crippen LogP contribution < -0.4 is 10.1 Å². The number of nitrogens with one attached hydrogen (secondary N) is 1. The molecule has 1 unspecified atom stereocenters. The molecule has 7 heteroatoms. The molecule has 1 aromatic heterocycles. The lowest BCUT2D eigenvalue weighted by molar-refractivity contribution is 0.384. The Hall–Kier alpha value is -2.02. The molecule has 1 heterocycles. The fraction of sp³-hybridized carbons (Fsp3) is 0.500. The minimum atomic E-state index is -0.367. The summed E-state index contributed by atoms with van der Waals surface area (Å²) in [6.45, 7) is 2.94. The Morgan fingerprint density at radius 3 is 2.86 bits per heavy atom. The maximum absolute atomic E-state index is 13.5. The Bertz CT molecular complexity index is 586. The van der Waals surface area contributed by atoms with Crippen LogP contribution in [0.15, 0.2) is 18.2 Å². The normalized spacial score (nSPS) is 12.4. The number of methoxy groups -OCH3 is 1. The van der Waals surface area contributed by atoms with Crippen LogP contribution in [0.1, 0.15) is 30.8 Å². The number of aryl methyl sites for hydroxylation is 1. The van der Waals surface area contributed by atoms with Crippen LogP contribution in [0, 0.1) is 5.82 Å². The summed E-state index contributed by atoms with van der Waals surface area (Å²) in [5.41, 5.74) is 0.939. The van der Waals surface area contributed by atoms with Crippen molar-refractivity contribution in [1.82, 2.24) is 25.5 Å². The summed E-state index contributed by atoms with van der Waals surface area (Å²) >= 11 is 0. The third-order valence-electron chi connectivity index (χ3n) is 3.15. The van der Waals surface area contributed by atoms with Crippen molar-refractivity contribution in [2.45, 2.75) is 25.8 Å². The largest absolute Gasteiger partial charge is 0.494 e. The monoisotopic (exact) mass is 293 g/mol. The van der Waals surface area contributed by atoms with Gasteiger partial charge in [0.05, 0.1) is 14.2 Å². The van der Waals surface area contributed by atoms with Crippen LogP contribution in [-0.2, 0) is 13.5 Å². The third kappa shape index (κ3) is 3.98. The number of tetrazole rings is 1. The first-order chi connectivity index (χ1) is 10.1. The van der Waals surface area contributed by atoms with E-state index < -0.39 is 0 Å². The summed E-state index contributed by atoms with van der Waals surface area (Å²) in [7, 11) is 3.19. The highest BCUT2D eigenvalue weighted by Gasteiger charge is 2.16. The molecular formula is C14H20FN5O. The van der Waals surface area contributed by atoms with Crippen molar-refractivity contribution in [2.24, 2.45) is 7.05 Å². The van der Waals surface area contributed by atoms with Crippen molar-refractivity contribution in [1.29, 1.82) is 0 Å². The van der Waals surface area contributed by atoms with E-state index in [1.165, 1.54) is 18.0 Å². The van der Waals surface area contributed by atoms with Crippen LogP contribution in [0.4, 0.5) is 4.39 Å². The number of ether oxygens (including phenoxy) is 1. The van der Waals surface area contributed by atoms with E-state index in [1.54, 1.807) is 19.2 Å². The zero-order valence-electron chi connectivity index (χ0n) is 12.5. The molecule has 0 radical (unpaired) electrons. The van der Waals surface area contributed by atoms with Gasteiger partial charge in [-0.25, -0.2) is 4.39 Å². The van der Waals surface area contributed by atoms with Crippen LogP contribution in [-0.4, -0.2) is 33.9 Å². The van der Waals surface area contributed by atoms with E-state index in [0.29, 0.717) is 12.2 Å². The van der Waals surface area contributed by atoms with Crippen molar-refractivity contribution in [3.05, 3.63) is 35.4 Å². The standard InChI is InChI=1S/C14H20FN5O/c1-4-7-16-12(9-14-17-19-20(2)18-14)10-5-6-11(15)13(8-10)21-3/h5-6,8,12,16H,4,7,9H2,1-3H3. The fourth-order valence-corrected chi connectivity index (χ4v) is 2.11. The SMILES string of the molecule is CCCNC(Cc1nnn(C)n1)c1ccc(F)c(OC)c1. The first kappa shape index (κ1) is 15.4. The molecule has 2 aromatic rings. The minimum absolute atomic E-state index is 0.0105. The van der Waals surface area contributed by atoms with Gasteiger partial charge in [-0.2, -0.15) is 4.80 Å². The number of benzene rings is 1. The quantitative estimate of drug-likeness (QED) is 0.840. The number of hydrogen-bond acceptors (Lipinski definition) is 5. The lowest BCUT2D eigenvalue weighted by Crippen LogP contribution is -2.24. The first-order valence-corrected chi connectivity index (χ1v) is 6.93. The Kier molecular flexibility index (Phi) is 5.21. The van der Waals surface area contributed by atoms with Gasteiger partial charge >= 0.3 is 0 Å². The van der Waals surface area contributed by atoms with Gasteiger partial charge in [0.2, 0.25) is 0 Å². The molecule has 0 saturated carbocycles. The van der Waals surface area contributed by atoms with E-state index >= 15 is 0 Å². The van der Waals surface area contributed by atoms with Gasteiger partial charge in [-0.3, -0.25) is 0 Å². The van der Waals surface area contributed by atoms with Gasteiger partial charge in [-0.05, 0) is 35.9 Å². The average Bonchev–Trinajstić information content (AvgIpc) is 2.89. The topological polar surface area (TPSA) is 64.9 Å².